The van der Waals surface area contributed by atoms with Crippen molar-refractivity contribution in [2.24, 2.45) is 0 Å². The third-order valence-corrected chi connectivity index (χ3v) is 3.62. The van der Waals surface area contributed by atoms with E-state index in [4.69, 9.17) is 9.47 Å². The highest BCUT2D eigenvalue weighted by Gasteiger charge is 2.02. The fourth-order valence-electron chi connectivity index (χ4n) is 1.45. The summed E-state index contributed by atoms with van der Waals surface area (Å²) in [6.07, 6.45) is 8.25. The zero-order valence-electron chi connectivity index (χ0n) is 11.0. The van der Waals surface area contributed by atoms with Gasteiger partial charge in [-0.05, 0) is 25.7 Å². The molecule has 0 aliphatic carbocycles. The summed E-state index contributed by atoms with van der Waals surface area (Å²) in [5, 5.41) is 2.09. The van der Waals surface area contributed by atoms with Gasteiger partial charge >= 0.3 is 6.16 Å². The van der Waals surface area contributed by atoms with Gasteiger partial charge in [-0.2, -0.15) is 0 Å². The van der Waals surface area contributed by atoms with Gasteiger partial charge in [0.15, 0.2) is 0 Å². The molecule has 5 heteroatoms. The number of hydrogen-bond donors (Lipinski definition) is 0. The van der Waals surface area contributed by atoms with Crippen molar-refractivity contribution in [3.05, 3.63) is 0 Å². The summed E-state index contributed by atoms with van der Waals surface area (Å²) >= 11 is 6.77. The second kappa shape index (κ2) is 15.3. The average molecular weight is 388 g/mol. The van der Waals surface area contributed by atoms with Gasteiger partial charge in [0.2, 0.25) is 0 Å². The van der Waals surface area contributed by atoms with Crippen LogP contribution in [0.4, 0.5) is 4.79 Å². The lowest BCUT2D eigenvalue weighted by Crippen LogP contribution is -2.09. The van der Waals surface area contributed by atoms with Gasteiger partial charge in [0, 0.05) is 10.7 Å². The van der Waals surface area contributed by atoms with Crippen LogP contribution in [0, 0.1) is 0 Å². The Balaban J connectivity index is 3.12. The van der Waals surface area contributed by atoms with Gasteiger partial charge in [0.25, 0.3) is 0 Å². The Morgan fingerprint density at radius 1 is 0.667 bits per heavy atom. The van der Waals surface area contributed by atoms with Gasteiger partial charge in [-0.1, -0.05) is 57.5 Å². The minimum atomic E-state index is -0.518. The number of unbranched alkanes of at least 4 members (excludes halogenated alkanes) is 6. The second-order valence-corrected chi connectivity index (χ2v) is 5.74. The van der Waals surface area contributed by atoms with E-state index in [1.807, 2.05) is 0 Å². The fourth-order valence-corrected chi connectivity index (χ4v) is 2.25. The number of rotatable bonds is 12. The molecule has 0 amide bonds. The molecule has 0 N–H and O–H groups in total. The van der Waals surface area contributed by atoms with E-state index in [0.29, 0.717) is 13.2 Å². The first kappa shape index (κ1) is 18.2. The van der Waals surface area contributed by atoms with Crippen molar-refractivity contribution in [2.45, 2.75) is 51.4 Å². The Morgan fingerprint density at radius 2 is 1.06 bits per heavy atom. The van der Waals surface area contributed by atoms with Crippen LogP contribution in [-0.2, 0) is 9.47 Å². The summed E-state index contributed by atoms with van der Waals surface area (Å²) < 4.78 is 9.94. The maximum Gasteiger partial charge on any atom is 0.508 e. The van der Waals surface area contributed by atoms with Crippen LogP contribution < -0.4 is 0 Å². The van der Waals surface area contributed by atoms with E-state index in [-0.39, 0.29) is 0 Å². The standard InChI is InChI=1S/C13H24Br2O3/c14-9-5-1-3-7-11-17-13(16)18-12-8-4-2-6-10-15/h1-12H2. The number of carbonyl (C=O) groups excluding carboxylic acids is 1. The summed E-state index contributed by atoms with van der Waals surface area (Å²) in [6.45, 7) is 0.954. The van der Waals surface area contributed by atoms with Crippen molar-refractivity contribution in [3.63, 3.8) is 0 Å². The van der Waals surface area contributed by atoms with Crippen molar-refractivity contribution >= 4 is 38.0 Å². The lowest BCUT2D eigenvalue weighted by molar-refractivity contribution is 0.0529. The highest BCUT2D eigenvalue weighted by atomic mass is 79.9. The van der Waals surface area contributed by atoms with Crippen molar-refractivity contribution in [3.8, 4) is 0 Å². The lowest BCUT2D eigenvalue weighted by Gasteiger charge is -2.06. The first-order valence-corrected chi connectivity index (χ1v) is 8.97. The SMILES string of the molecule is O=C(OCCCCCCBr)OCCCCCCBr. The molecule has 0 aliphatic rings. The lowest BCUT2D eigenvalue weighted by atomic mass is 10.2. The predicted octanol–water partition coefficient (Wildman–Crippen LogP) is 5.05. The molecule has 0 heterocycles. The molecule has 0 radical (unpaired) electrons. The monoisotopic (exact) mass is 386 g/mol. The molecule has 0 aromatic carbocycles. The third kappa shape index (κ3) is 14.3. The zero-order valence-corrected chi connectivity index (χ0v) is 14.1. The van der Waals surface area contributed by atoms with Crippen LogP contribution >= 0.6 is 31.9 Å². The van der Waals surface area contributed by atoms with E-state index in [1.165, 1.54) is 25.7 Å². The van der Waals surface area contributed by atoms with Gasteiger partial charge in [-0.25, -0.2) is 4.79 Å². The van der Waals surface area contributed by atoms with Crippen LogP contribution in [0.2, 0.25) is 0 Å². The van der Waals surface area contributed by atoms with Gasteiger partial charge in [0.1, 0.15) is 0 Å². The van der Waals surface area contributed by atoms with Crippen molar-refractivity contribution in [1.29, 1.82) is 0 Å². The smallest absolute Gasteiger partial charge is 0.434 e. The molecule has 0 saturated carbocycles. The molecule has 3 nitrogen and oxygen atoms in total. The number of alkyl halides is 2. The minimum Gasteiger partial charge on any atom is -0.434 e. The second-order valence-electron chi connectivity index (χ2n) is 4.15. The van der Waals surface area contributed by atoms with Gasteiger partial charge in [0.05, 0.1) is 13.2 Å². The quantitative estimate of drug-likeness (QED) is 0.267. The molecular weight excluding hydrogens is 364 g/mol. The molecular formula is C13H24Br2O3. The van der Waals surface area contributed by atoms with Crippen LogP contribution in [0.5, 0.6) is 0 Å². The molecule has 18 heavy (non-hydrogen) atoms. The van der Waals surface area contributed by atoms with E-state index in [2.05, 4.69) is 31.9 Å². The van der Waals surface area contributed by atoms with Crippen LogP contribution in [0.25, 0.3) is 0 Å². The Kier molecular flexibility index (Phi) is 15.5. The molecule has 0 aliphatic heterocycles. The largest absolute Gasteiger partial charge is 0.508 e. The molecule has 0 fully saturated rings. The summed E-state index contributed by atoms with van der Waals surface area (Å²) in [6, 6.07) is 0. The number of ether oxygens (including phenoxy) is 2. The van der Waals surface area contributed by atoms with Crippen molar-refractivity contribution < 1.29 is 14.3 Å². The number of halogens is 2. The Hall–Kier alpha value is 0.230. The minimum absolute atomic E-state index is 0.477. The van der Waals surface area contributed by atoms with Gasteiger partial charge < -0.3 is 9.47 Å². The molecule has 0 aromatic rings. The summed E-state index contributed by atoms with van der Waals surface area (Å²) in [5.41, 5.74) is 0. The Morgan fingerprint density at radius 3 is 1.44 bits per heavy atom. The van der Waals surface area contributed by atoms with E-state index >= 15 is 0 Å². The maximum atomic E-state index is 11.2. The third-order valence-electron chi connectivity index (χ3n) is 2.50. The van der Waals surface area contributed by atoms with Crippen molar-refractivity contribution in [2.75, 3.05) is 23.9 Å². The Labute approximate surface area is 127 Å². The highest BCUT2D eigenvalue weighted by molar-refractivity contribution is 9.09. The molecule has 0 bridgehead atoms. The summed E-state index contributed by atoms with van der Waals surface area (Å²) in [7, 11) is 0. The Bertz CT molecular complexity index is 171. The molecule has 0 atom stereocenters. The predicted molar refractivity (Wildman–Crippen MR) is 81.8 cm³/mol. The van der Waals surface area contributed by atoms with Crippen LogP contribution in [0.15, 0.2) is 0 Å². The number of carbonyl (C=O) groups is 1. The molecule has 108 valence electrons. The average Bonchev–Trinajstić information content (AvgIpc) is 2.38. The summed E-state index contributed by atoms with van der Waals surface area (Å²) in [5.74, 6) is 0. The molecule has 0 aromatic heterocycles. The first-order chi connectivity index (χ1) is 8.81. The highest BCUT2D eigenvalue weighted by Crippen LogP contribution is 2.04. The number of hydrogen-bond acceptors (Lipinski definition) is 3. The topological polar surface area (TPSA) is 35.5 Å². The van der Waals surface area contributed by atoms with E-state index in [9.17, 15) is 4.79 Å². The summed E-state index contributed by atoms with van der Waals surface area (Å²) in [4.78, 5) is 11.2. The van der Waals surface area contributed by atoms with E-state index in [1.54, 1.807) is 0 Å². The maximum absolute atomic E-state index is 11.2. The molecule has 0 rings (SSSR count). The molecule has 0 saturated heterocycles. The van der Waals surface area contributed by atoms with Crippen LogP contribution in [0.3, 0.4) is 0 Å². The normalized spacial score (nSPS) is 10.3. The molecule has 0 unspecified atom stereocenters. The van der Waals surface area contributed by atoms with Crippen LogP contribution in [-0.4, -0.2) is 30.0 Å². The molecule has 0 spiro atoms. The fraction of sp³-hybridized carbons (Fsp3) is 0.923. The van der Waals surface area contributed by atoms with Gasteiger partial charge in [-0.15, -0.1) is 0 Å². The van der Waals surface area contributed by atoms with E-state index in [0.717, 1.165) is 36.3 Å². The van der Waals surface area contributed by atoms with Crippen LogP contribution in [0.1, 0.15) is 51.4 Å². The first-order valence-electron chi connectivity index (χ1n) is 6.72. The van der Waals surface area contributed by atoms with E-state index < -0.39 is 6.16 Å². The van der Waals surface area contributed by atoms with Crippen molar-refractivity contribution in [1.82, 2.24) is 0 Å². The zero-order chi connectivity index (χ0) is 13.5. The van der Waals surface area contributed by atoms with Gasteiger partial charge in [-0.3, -0.25) is 0 Å².